The van der Waals surface area contributed by atoms with Gasteiger partial charge in [0, 0.05) is 6.54 Å². The van der Waals surface area contributed by atoms with Gasteiger partial charge >= 0.3 is 5.69 Å². The molecule has 0 radical (unpaired) electrons. The molecule has 1 aliphatic heterocycles. The standard InChI is InChI=1S/C21H27N5O3S/c1-2-3-11-30(28,29)20-22-13-18-19(24-20)26(21(27)23-18)15-17-8-6-7-16(12-17)14-25-9-4-5-10-25/h6-8,12-13H,2-5,9-11,14-15H2,1H3,(H,23,27). The van der Waals surface area contributed by atoms with Gasteiger partial charge in [-0.25, -0.2) is 18.2 Å². The van der Waals surface area contributed by atoms with Crippen molar-refractivity contribution in [2.24, 2.45) is 0 Å². The fraction of sp³-hybridized carbons (Fsp3) is 0.476. The molecule has 1 N–H and O–H groups in total. The lowest BCUT2D eigenvalue weighted by atomic mass is 10.1. The molecule has 3 heterocycles. The van der Waals surface area contributed by atoms with Crippen molar-refractivity contribution < 1.29 is 8.42 Å². The van der Waals surface area contributed by atoms with E-state index in [2.05, 4.69) is 32.0 Å². The van der Waals surface area contributed by atoms with Gasteiger partial charge in [-0.1, -0.05) is 37.6 Å². The van der Waals surface area contributed by atoms with Crippen molar-refractivity contribution in [3.63, 3.8) is 0 Å². The topological polar surface area (TPSA) is 101 Å². The maximum Gasteiger partial charge on any atom is 0.328 e. The predicted octanol–water partition coefficient (Wildman–Crippen LogP) is 2.34. The highest BCUT2D eigenvalue weighted by atomic mass is 32.2. The number of hydrogen-bond acceptors (Lipinski definition) is 6. The SMILES string of the molecule is CCCCS(=O)(=O)c1ncc2[nH]c(=O)n(Cc3cccc(CN4CCCC4)c3)c2n1. The fourth-order valence-corrected chi connectivity index (χ4v) is 5.15. The highest BCUT2D eigenvalue weighted by Gasteiger charge is 2.20. The average Bonchev–Trinajstić information content (AvgIpc) is 3.34. The highest BCUT2D eigenvalue weighted by molar-refractivity contribution is 7.91. The number of imidazole rings is 1. The van der Waals surface area contributed by atoms with Crippen molar-refractivity contribution in [2.45, 2.75) is 50.9 Å². The summed E-state index contributed by atoms with van der Waals surface area (Å²) >= 11 is 0. The van der Waals surface area contributed by atoms with Crippen molar-refractivity contribution >= 4 is 21.0 Å². The monoisotopic (exact) mass is 429 g/mol. The Kier molecular flexibility index (Phi) is 6.01. The highest BCUT2D eigenvalue weighted by Crippen LogP contribution is 2.16. The van der Waals surface area contributed by atoms with Crippen molar-refractivity contribution in [3.05, 3.63) is 52.1 Å². The van der Waals surface area contributed by atoms with Crippen LogP contribution in [-0.2, 0) is 22.9 Å². The van der Waals surface area contributed by atoms with Crippen LogP contribution in [0.15, 0.2) is 40.4 Å². The van der Waals surface area contributed by atoms with Crippen LogP contribution >= 0.6 is 0 Å². The van der Waals surface area contributed by atoms with Crippen LogP contribution in [0.2, 0.25) is 0 Å². The first-order chi connectivity index (χ1) is 14.5. The van der Waals surface area contributed by atoms with Crippen LogP contribution in [0.1, 0.15) is 43.7 Å². The minimum atomic E-state index is -3.57. The van der Waals surface area contributed by atoms with Crippen LogP contribution in [0.4, 0.5) is 0 Å². The number of nitrogens with zero attached hydrogens (tertiary/aromatic N) is 4. The molecule has 8 nitrogen and oxygen atoms in total. The van der Waals surface area contributed by atoms with E-state index in [9.17, 15) is 13.2 Å². The van der Waals surface area contributed by atoms with Crippen molar-refractivity contribution in [1.29, 1.82) is 0 Å². The number of nitrogens with one attached hydrogen (secondary N) is 1. The molecular formula is C21H27N5O3S. The van der Waals surface area contributed by atoms with Crippen LogP contribution in [0.3, 0.4) is 0 Å². The van der Waals surface area contributed by atoms with Gasteiger partial charge in [-0.3, -0.25) is 9.47 Å². The van der Waals surface area contributed by atoms with Crippen LogP contribution in [0.5, 0.6) is 0 Å². The second-order valence-corrected chi connectivity index (χ2v) is 9.88. The zero-order valence-electron chi connectivity index (χ0n) is 17.2. The van der Waals surface area contributed by atoms with E-state index in [-0.39, 0.29) is 16.6 Å². The smallest absolute Gasteiger partial charge is 0.303 e. The predicted molar refractivity (Wildman–Crippen MR) is 115 cm³/mol. The van der Waals surface area contributed by atoms with E-state index in [4.69, 9.17) is 0 Å². The van der Waals surface area contributed by atoms with Crippen molar-refractivity contribution in [1.82, 2.24) is 24.4 Å². The number of unbranched alkanes of at least 4 members (excludes halogenated alkanes) is 1. The first kappa shape index (κ1) is 20.7. The lowest BCUT2D eigenvalue weighted by Crippen LogP contribution is -2.20. The minimum absolute atomic E-state index is 0.00219. The van der Waals surface area contributed by atoms with E-state index >= 15 is 0 Å². The molecule has 0 saturated carbocycles. The number of likely N-dealkylation sites (tertiary alicyclic amines) is 1. The lowest BCUT2D eigenvalue weighted by molar-refractivity contribution is 0.331. The maximum absolute atomic E-state index is 12.5. The Labute approximate surface area is 175 Å². The first-order valence-corrected chi connectivity index (χ1v) is 12.1. The summed E-state index contributed by atoms with van der Waals surface area (Å²) in [6.07, 6.45) is 5.18. The second kappa shape index (κ2) is 8.69. The van der Waals surface area contributed by atoms with Gasteiger partial charge in [0.25, 0.3) is 0 Å². The van der Waals surface area contributed by atoms with Gasteiger partial charge in [0.1, 0.15) is 5.52 Å². The Bertz CT molecular complexity index is 1190. The Morgan fingerprint density at radius 3 is 2.60 bits per heavy atom. The van der Waals surface area contributed by atoms with Gasteiger partial charge < -0.3 is 4.98 Å². The quantitative estimate of drug-likeness (QED) is 0.552. The fourth-order valence-electron chi connectivity index (χ4n) is 3.86. The molecular weight excluding hydrogens is 402 g/mol. The summed E-state index contributed by atoms with van der Waals surface area (Å²) in [6.45, 7) is 5.40. The van der Waals surface area contributed by atoms with Gasteiger partial charge in [0.15, 0.2) is 5.65 Å². The first-order valence-electron chi connectivity index (χ1n) is 10.4. The van der Waals surface area contributed by atoms with E-state index in [0.717, 1.165) is 31.6 Å². The second-order valence-electron chi connectivity index (χ2n) is 7.88. The summed E-state index contributed by atoms with van der Waals surface area (Å²) in [5, 5.41) is -0.223. The lowest BCUT2D eigenvalue weighted by Gasteiger charge is -2.15. The zero-order valence-corrected chi connectivity index (χ0v) is 18.0. The summed E-state index contributed by atoms with van der Waals surface area (Å²) in [4.78, 5) is 25.9. The molecule has 0 amide bonds. The summed E-state index contributed by atoms with van der Waals surface area (Å²) in [5.74, 6) is 0.00219. The number of H-pyrrole nitrogens is 1. The van der Waals surface area contributed by atoms with E-state index in [0.29, 0.717) is 24.1 Å². The molecule has 0 atom stereocenters. The molecule has 0 aliphatic carbocycles. The van der Waals surface area contributed by atoms with Gasteiger partial charge in [-0.15, -0.1) is 0 Å². The van der Waals surface area contributed by atoms with Crippen LogP contribution < -0.4 is 5.69 Å². The normalized spacial score (nSPS) is 15.2. The Balaban J connectivity index is 1.63. The number of fused-ring (bicyclic) bond motifs is 1. The van der Waals surface area contributed by atoms with E-state index in [1.807, 2.05) is 19.1 Å². The number of aromatic amines is 1. The summed E-state index contributed by atoms with van der Waals surface area (Å²) in [5.41, 5.74) is 2.61. The Hall–Kier alpha value is -2.52. The van der Waals surface area contributed by atoms with Gasteiger partial charge in [-0.2, -0.15) is 4.98 Å². The van der Waals surface area contributed by atoms with Gasteiger partial charge in [0.05, 0.1) is 18.5 Å². The molecule has 1 aliphatic rings. The molecule has 0 unspecified atom stereocenters. The van der Waals surface area contributed by atoms with E-state index in [1.165, 1.54) is 29.2 Å². The molecule has 30 heavy (non-hydrogen) atoms. The van der Waals surface area contributed by atoms with Crippen LogP contribution in [0.25, 0.3) is 11.2 Å². The Morgan fingerprint density at radius 1 is 1.13 bits per heavy atom. The number of benzene rings is 1. The molecule has 0 bridgehead atoms. The van der Waals surface area contributed by atoms with E-state index in [1.54, 1.807) is 0 Å². The molecule has 3 aromatic rings. The molecule has 160 valence electrons. The van der Waals surface area contributed by atoms with Gasteiger partial charge in [0.2, 0.25) is 15.0 Å². The molecule has 1 saturated heterocycles. The molecule has 2 aromatic heterocycles. The number of hydrogen-bond donors (Lipinski definition) is 1. The molecule has 4 rings (SSSR count). The third-order valence-electron chi connectivity index (χ3n) is 5.47. The molecule has 9 heteroatoms. The molecule has 1 fully saturated rings. The largest absolute Gasteiger partial charge is 0.328 e. The summed E-state index contributed by atoms with van der Waals surface area (Å²) in [7, 11) is -3.57. The Morgan fingerprint density at radius 2 is 1.87 bits per heavy atom. The summed E-state index contributed by atoms with van der Waals surface area (Å²) in [6, 6.07) is 8.17. The average molecular weight is 430 g/mol. The van der Waals surface area contributed by atoms with Crippen LogP contribution in [0, 0.1) is 0 Å². The zero-order chi connectivity index (χ0) is 21.1. The van der Waals surface area contributed by atoms with E-state index < -0.39 is 9.84 Å². The maximum atomic E-state index is 12.5. The molecule has 1 aromatic carbocycles. The number of aromatic nitrogens is 4. The van der Waals surface area contributed by atoms with Crippen molar-refractivity contribution in [3.8, 4) is 0 Å². The molecule has 0 spiro atoms. The number of sulfone groups is 1. The minimum Gasteiger partial charge on any atom is -0.303 e. The third-order valence-corrected chi connectivity index (χ3v) is 7.05. The van der Waals surface area contributed by atoms with Crippen LogP contribution in [-0.4, -0.2) is 51.7 Å². The summed E-state index contributed by atoms with van der Waals surface area (Å²) < 4.78 is 26.5. The third kappa shape index (κ3) is 4.46. The van der Waals surface area contributed by atoms with Gasteiger partial charge in [-0.05, 0) is 43.5 Å². The van der Waals surface area contributed by atoms with Crippen molar-refractivity contribution in [2.75, 3.05) is 18.8 Å². The number of rotatable bonds is 8.